The zero-order chi connectivity index (χ0) is 9.30. The van der Waals surface area contributed by atoms with Gasteiger partial charge in [0.2, 0.25) is 5.88 Å². The number of aromatic nitrogens is 2. The Bertz CT molecular complexity index is 281. The van der Waals surface area contributed by atoms with Crippen molar-refractivity contribution in [1.82, 2.24) is 9.78 Å². The fourth-order valence-corrected chi connectivity index (χ4v) is 1.43. The molecular formula is C8H13IN2O. The Morgan fingerprint density at radius 3 is 2.42 bits per heavy atom. The van der Waals surface area contributed by atoms with E-state index in [4.69, 9.17) is 4.74 Å². The number of aryl methyl sites for hydroxylation is 1. The van der Waals surface area contributed by atoms with Gasteiger partial charge in [-0.25, -0.2) is 0 Å². The van der Waals surface area contributed by atoms with Gasteiger partial charge in [-0.05, 0) is 43.4 Å². The van der Waals surface area contributed by atoms with Crippen molar-refractivity contribution in [3.8, 4) is 5.88 Å². The molecule has 68 valence electrons. The molecule has 0 N–H and O–H groups in total. The maximum Gasteiger partial charge on any atom is 0.246 e. The summed E-state index contributed by atoms with van der Waals surface area (Å²) in [6.07, 6.45) is 0.188. The molecule has 0 bridgehead atoms. The summed E-state index contributed by atoms with van der Waals surface area (Å²) in [6, 6.07) is 0. The van der Waals surface area contributed by atoms with E-state index in [9.17, 15) is 0 Å². The highest BCUT2D eigenvalue weighted by Gasteiger charge is 2.11. The summed E-state index contributed by atoms with van der Waals surface area (Å²) in [6.45, 7) is 6.03. The van der Waals surface area contributed by atoms with Gasteiger partial charge in [0, 0.05) is 7.05 Å². The van der Waals surface area contributed by atoms with E-state index in [1.165, 1.54) is 0 Å². The Hall–Kier alpha value is -0.260. The Labute approximate surface area is 86.2 Å². The Morgan fingerprint density at radius 2 is 2.08 bits per heavy atom. The van der Waals surface area contributed by atoms with Crippen molar-refractivity contribution in [1.29, 1.82) is 0 Å². The maximum atomic E-state index is 5.51. The number of hydrogen-bond donors (Lipinski definition) is 0. The predicted molar refractivity (Wildman–Crippen MR) is 56.4 cm³/mol. The van der Waals surface area contributed by atoms with Crippen LogP contribution in [0.25, 0.3) is 0 Å². The Balaban J connectivity index is 2.93. The third-order valence-corrected chi connectivity index (χ3v) is 2.82. The van der Waals surface area contributed by atoms with Crippen LogP contribution in [0.5, 0.6) is 5.88 Å². The average Bonchev–Trinajstić information content (AvgIpc) is 2.17. The van der Waals surface area contributed by atoms with Crippen molar-refractivity contribution < 1.29 is 4.74 Å². The summed E-state index contributed by atoms with van der Waals surface area (Å²) < 4.78 is 8.44. The molecule has 1 heterocycles. The minimum Gasteiger partial charge on any atom is -0.473 e. The van der Waals surface area contributed by atoms with Gasteiger partial charge >= 0.3 is 0 Å². The first kappa shape index (κ1) is 9.83. The normalized spacial score (nSPS) is 10.8. The summed E-state index contributed by atoms with van der Waals surface area (Å²) in [5, 5.41) is 4.24. The van der Waals surface area contributed by atoms with E-state index in [0.717, 1.165) is 15.1 Å². The summed E-state index contributed by atoms with van der Waals surface area (Å²) in [7, 11) is 1.92. The SMILES string of the molecule is Cc1c(I)c(OC(C)C)nn1C. The van der Waals surface area contributed by atoms with Gasteiger partial charge in [0.25, 0.3) is 0 Å². The van der Waals surface area contributed by atoms with Crippen LogP contribution in [0, 0.1) is 10.5 Å². The first-order valence-electron chi connectivity index (χ1n) is 3.88. The van der Waals surface area contributed by atoms with Crippen LogP contribution in [-0.4, -0.2) is 15.9 Å². The second kappa shape index (κ2) is 3.64. The molecule has 0 aliphatic carbocycles. The molecule has 4 heteroatoms. The smallest absolute Gasteiger partial charge is 0.246 e. The molecule has 12 heavy (non-hydrogen) atoms. The van der Waals surface area contributed by atoms with Gasteiger partial charge in [-0.2, -0.15) is 0 Å². The lowest BCUT2D eigenvalue weighted by molar-refractivity contribution is 0.229. The predicted octanol–water partition coefficient (Wildman–Crippen LogP) is 2.12. The molecular weight excluding hydrogens is 267 g/mol. The van der Waals surface area contributed by atoms with Crippen molar-refractivity contribution in [2.75, 3.05) is 0 Å². The average molecular weight is 280 g/mol. The van der Waals surface area contributed by atoms with E-state index in [1.54, 1.807) is 0 Å². The molecule has 0 radical (unpaired) electrons. The zero-order valence-electron chi connectivity index (χ0n) is 7.76. The van der Waals surface area contributed by atoms with Gasteiger partial charge in [0.1, 0.15) is 0 Å². The number of nitrogens with zero attached hydrogens (tertiary/aromatic N) is 2. The van der Waals surface area contributed by atoms with Crippen LogP contribution in [0.4, 0.5) is 0 Å². The van der Waals surface area contributed by atoms with Crippen molar-refractivity contribution in [3.63, 3.8) is 0 Å². The summed E-state index contributed by atoms with van der Waals surface area (Å²) >= 11 is 2.25. The lowest BCUT2D eigenvalue weighted by Crippen LogP contribution is -2.06. The molecule has 0 spiro atoms. The van der Waals surface area contributed by atoms with Crippen molar-refractivity contribution in [2.45, 2.75) is 26.9 Å². The van der Waals surface area contributed by atoms with E-state index in [0.29, 0.717) is 0 Å². The number of halogens is 1. The number of ether oxygens (including phenoxy) is 1. The monoisotopic (exact) mass is 280 g/mol. The van der Waals surface area contributed by atoms with E-state index >= 15 is 0 Å². The van der Waals surface area contributed by atoms with Crippen LogP contribution in [-0.2, 0) is 7.05 Å². The van der Waals surface area contributed by atoms with Crippen LogP contribution in [0.1, 0.15) is 19.5 Å². The summed E-state index contributed by atoms with van der Waals surface area (Å²) in [5.74, 6) is 0.741. The second-order valence-corrected chi connectivity index (χ2v) is 4.07. The van der Waals surface area contributed by atoms with Crippen LogP contribution in [0.15, 0.2) is 0 Å². The highest BCUT2D eigenvalue weighted by atomic mass is 127. The van der Waals surface area contributed by atoms with E-state index in [1.807, 2.05) is 32.5 Å². The van der Waals surface area contributed by atoms with Crippen LogP contribution >= 0.6 is 22.6 Å². The third kappa shape index (κ3) is 1.91. The molecule has 0 aliphatic rings. The van der Waals surface area contributed by atoms with Crippen molar-refractivity contribution >= 4 is 22.6 Å². The third-order valence-electron chi connectivity index (χ3n) is 1.58. The van der Waals surface area contributed by atoms with Gasteiger partial charge in [0.15, 0.2) is 0 Å². The first-order valence-corrected chi connectivity index (χ1v) is 4.96. The first-order chi connectivity index (χ1) is 5.52. The summed E-state index contributed by atoms with van der Waals surface area (Å²) in [4.78, 5) is 0. The van der Waals surface area contributed by atoms with Gasteiger partial charge in [-0.3, -0.25) is 4.68 Å². The highest BCUT2D eigenvalue weighted by Crippen LogP contribution is 2.22. The molecule has 0 atom stereocenters. The molecule has 0 fully saturated rings. The van der Waals surface area contributed by atoms with Crippen molar-refractivity contribution in [2.24, 2.45) is 7.05 Å². The molecule has 1 aromatic rings. The molecule has 3 nitrogen and oxygen atoms in total. The van der Waals surface area contributed by atoms with Gasteiger partial charge in [-0.15, -0.1) is 5.10 Å². The standard InChI is InChI=1S/C8H13IN2O/c1-5(2)12-8-7(9)6(3)11(4)10-8/h5H,1-4H3. The molecule has 0 aromatic carbocycles. The van der Waals surface area contributed by atoms with Gasteiger partial charge in [0.05, 0.1) is 15.4 Å². The Morgan fingerprint density at radius 1 is 1.50 bits per heavy atom. The maximum absolute atomic E-state index is 5.51. The van der Waals surface area contributed by atoms with E-state index < -0.39 is 0 Å². The minimum absolute atomic E-state index is 0.188. The minimum atomic E-state index is 0.188. The lowest BCUT2D eigenvalue weighted by atomic mass is 10.4. The molecule has 0 aliphatic heterocycles. The van der Waals surface area contributed by atoms with Crippen LogP contribution in [0.2, 0.25) is 0 Å². The molecule has 0 amide bonds. The van der Waals surface area contributed by atoms with Crippen LogP contribution in [0.3, 0.4) is 0 Å². The molecule has 0 unspecified atom stereocenters. The van der Waals surface area contributed by atoms with E-state index in [-0.39, 0.29) is 6.10 Å². The Kier molecular flexibility index (Phi) is 2.98. The molecule has 1 rings (SSSR count). The highest BCUT2D eigenvalue weighted by molar-refractivity contribution is 14.1. The molecule has 1 aromatic heterocycles. The second-order valence-electron chi connectivity index (χ2n) is 2.99. The fourth-order valence-electron chi connectivity index (χ4n) is 0.851. The number of hydrogen-bond acceptors (Lipinski definition) is 2. The number of rotatable bonds is 2. The topological polar surface area (TPSA) is 27.1 Å². The van der Waals surface area contributed by atoms with Crippen LogP contribution < -0.4 is 4.74 Å². The van der Waals surface area contributed by atoms with Gasteiger partial charge < -0.3 is 4.74 Å². The fraction of sp³-hybridized carbons (Fsp3) is 0.625. The largest absolute Gasteiger partial charge is 0.473 e. The van der Waals surface area contributed by atoms with E-state index in [2.05, 4.69) is 27.7 Å². The zero-order valence-corrected chi connectivity index (χ0v) is 9.92. The summed E-state index contributed by atoms with van der Waals surface area (Å²) in [5.41, 5.74) is 1.14. The molecule has 0 saturated heterocycles. The molecule has 0 saturated carbocycles. The quantitative estimate of drug-likeness (QED) is 0.776. The lowest BCUT2D eigenvalue weighted by Gasteiger charge is -2.05. The van der Waals surface area contributed by atoms with Crippen molar-refractivity contribution in [3.05, 3.63) is 9.26 Å². The van der Waals surface area contributed by atoms with Gasteiger partial charge in [-0.1, -0.05) is 0 Å².